The molecule has 0 fully saturated rings. The van der Waals surface area contributed by atoms with Crippen molar-refractivity contribution in [1.29, 1.82) is 0 Å². The number of rotatable bonds is 5. The molecule has 0 aliphatic carbocycles. The second kappa shape index (κ2) is 7.97. The molecule has 0 unspecified atom stereocenters. The van der Waals surface area contributed by atoms with Crippen LogP contribution in [0.5, 0.6) is 0 Å². The van der Waals surface area contributed by atoms with Gasteiger partial charge in [-0.25, -0.2) is 15.0 Å². The SMILES string of the molecule is COCCCn1cc(-c2cc(C)nc(N)n2)c2cc(C#CC(C)(C)O)ncc21. The van der Waals surface area contributed by atoms with Gasteiger partial charge >= 0.3 is 0 Å². The number of hydrogen-bond acceptors (Lipinski definition) is 6. The van der Waals surface area contributed by atoms with E-state index < -0.39 is 5.60 Å². The fourth-order valence-electron chi connectivity index (χ4n) is 2.97. The third-order valence-electron chi connectivity index (χ3n) is 4.16. The van der Waals surface area contributed by atoms with Crippen LogP contribution in [0.3, 0.4) is 0 Å². The predicted octanol–water partition coefficient (Wildman–Crippen LogP) is 2.54. The summed E-state index contributed by atoms with van der Waals surface area (Å²) in [6.07, 6.45) is 4.73. The normalized spacial score (nSPS) is 11.5. The molecule has 0 spiro atoms. The van der Waals surface area contributed by atoms with Crippen LogP contribution in [0, 0.1) is 18.8 Å². The number of methoxy groups -OCH3 is 1. The van der Waals surface area contributed by atoms with Crippen molar-refractivity contribution in [3.63, 3.8) is 0 Å². The minimum Gasteiger partial charge on any atom is -0.385 e. The Morgan fingerprint density at radius 2 is 2.07 bits per heavy atom. The number of fused-ring (bicyclic) bond motifs is 1. The van der Waals surface area contributed by atoms with Gasteiger partial charge in [0.05, 0.1) is 17.4 Å². The maximum absolute atomic E-state index is 9.86. The zero-order chi connectivity index (χ0) is 20.3. The molecule has 3 aromatic rings. The molecule has 0 atom stereocenters. The van der Waals surface area contributed by atoms with E-state index in [1.54, 1.807) is 27.2 Å². The first-order valence-corrected chi connectivity index (χ1v) is 9.12. The second-order valence-corrected chi connectivity index (χ2v) is 7.23. The summed E-state index contributed by atoms with van der Waals surface area (Å²) in [4.78, 5) is 13.0. The van der Waals surface area contributed by atoms with Crippen molar-refractivity contribution >= 4 is 16.9 Å². The van der Waals surface area contributed by atoms with Crippen LogP contribution in [0.1, 0.15) is 31.7 Å². The lowest BCUT2D eigenvalue weighted by atomic mass is 10.1. The average molecular weight is 379 g/mol. The number of aliphatic hydroxyl groups is 1. The van der Waals surface area contributed by atoms with Gasteiger partial charge < -0.3 is 20.1 Å². The monoisotopic (exact) mass is 379 g/mol. The average Bonchev–Trinajstić information content (AvgIpc) is 2.97. The highest BCUT2D eigenvalue weighted by Gasteiger charge is 2.14. The highest BCUT2D eigenvalue weighted by atomic mass is 16.5. The molecule has 0 aliphatic heterocycles. The molecule has 0 amide bonds. The third kappa shape index (κ3) is 4.66. The standard InChI is InChI=1S/C21H25N5O2/c1-14-10-18(25-20(22)24-14)17-13-26(8-5-9-28-4)19-12-23-15(11-16(17)19)6-7-21(2,3)27/h10-13,27H,5,8-9H2,1-4H3,(H2,22,24,25). The molecular formula is C21H25N5O2. The van der Waals surface area contributed by atoms with Crippen LogP contribution in [0.15, 0.2) is 24.5 Å². The lowest BCUT2D eigenvalue weighted by Gasteiger charge is -2.06. The zero-order valence-corrected chi connectivity index (χ0v) is 16.7. The van der Waals surface area contributed by atoms with Crippen molar-refractivity contribution in [2.24, 2.45) is 0 Å². The van der Waals surface area contributed by atoms with E-state index in [2.05, 4.69) is 37.6 Å². The maximum atomic E-state index is 9.86. The van der Waals surface area contributed by atoms with Gasteiger partial charge in [0.25, 0.3) is 0 Å². The Morgan fingerprint density at radius 3 is 2.75 bits per heavy atom. The van der Waals surface area contributed by atoms with E-state index in [1.807, 2.05) is 19.1 Å². The lowest BCUT2D eigenvalue weighted by molar-refractivity contribution is 0.143. The number of aryl methyl sites for hydroxylation is 2. The number of nitrogen functional groups attached to an aromatic ring is 1. The summed E-state index contributed by atoms with van der Waals surface area (Å²) >= 11 is 0. The highest BCUT2D eigenvalue weighted by molar-refractivity contribution is 5.95. The molecule has 0 saturated carbocycles. The Balaban J connectivity index is 2.14. The maximum Gasteiger partial charge on any atom is 0.220 e. The zero-order valence-electron chi connectivity index (χ0n) is 16.7. The minimum absolute atomic E-state index is 0.242. The van der Waals surface area contributed by atoms with Crippen LogP contribution >= 0.6 is 0 Å². The van der Waals surface area contributed by atoms with Gasteiger partial charge in [-0.05, 0) is 45.2 Å². The van der Waals surface area contributed by atoms with Gasteiger partial charge in [-0.15, -0.1) is 0 Å². The van der Waals surface area contributed by atoms with Crippen molar-refractivity contribution in [3.05, 3.63) is 35.9 Å². The summed E-state index contributed by atoms with van der Waals surface area (Å²) in [5.74, 6) is 5.99. The van der Waals surface area contributed by atoms with Crippen LogP contribution in [0.25, 0.3) is 22.2 Å². The van der Waals surface area contributed by atoms with Crippen molar-refractivity contribution < 1.29 is 9.84 Å². The molecule has 0 radical (unpaired) electrons. The molecule has 0 bridgehead atoms. The smallest absolute Gasteiger partial charge is 0.220 e. The summed E-state index contributed by atoms with van der Waals surface area (Å²) < 4.78 is 7.31. The van der Waals surface area contributed by atoms with E-state index in [4.69, 9.17) is 10.5 Å². The molecular weight excluding hydrogens is 354 g/mol. The van der Waals surface area contributed by atoms with Crippen LogP contribution in [0.4, 0.5) is 5.95 Å². The van der Waals surface area contributed by atoms with Crippen LogP contribution < -0.4 is 5.73 Å². The summed E-state index contributed by atoms with van der Waals surface area (Å²) in [6, 6.07) is 3.83. The topological polar surface area (TPSA) is 99.1 Å². The molecule has 7 nitrogen and oxygen atoms in total. The number of pyridine rings is 1. The Kier molecular flexibility index (Phi) is 5.63. The largest absolute Gasteiger partial charge is 0.385 e. The van der Waals surface area contributed by atoms with Gasteiger partial charge in [-0.2, -0.15) is 0 Å². The lowest BCUT2D eigenvalue weighted by Crippen LogP contribution is -2.14. The number of hydrogen-bond donors (Lipinski definition) is 2. The molecule has 0 saturated heterocycles. The highest BCUT2D eigenvalue weighted by Crippen LogP contribution is 2.30. The van der Waals surface area contributed by atoms with Gasteiger partial charge in [0.2, 0.25) is 5.95 Å². The number of nitrogens with zero attached hydrogens (tertiary/aromatic N) is 4. The number of aromatic nitrogens is 4. The Labute approximate surface area is 164 Å². The van der Waals surface area contributed by atoms with Crippen molar-refractivity contribution in [1.82, 2.24) is 19.5 Å². The number of ether oxygens (including phenoxy) is 1. The summed E-state index contributed by atoms with van der Waals surface area (Å²) in [5.41, 5.74) is 8.86. The van der Waals surface area contributed by atoms with Crippen LogP contribution in [-0.2, 0) is 11.3 Å². The third-order valence-corrected chi connectivity index (χ3v) is 4.16. The van der Waals surface area contributed by atoms with E-state index in [0.29, 0.717) is 12.3 Å². The fourth-order valence-corrected chi connectivity index (χ4v) is 2.97. The van der Waals surface area contributed by atoms with Crippen LogP contribution in [0.2, 0.25) is 0 Å². The van der Waals surface area contributed by atoms with E-state index >= 15 is 0 Å². The van der Waals surface area contributed by atoms with Crippen molar-refractivity contribution in [2.75, 3.05) is 19.5 Å². The molecule has 3 rings (SSSR count). The van der Waals surface area contributed by atoms with E-state index in [1.165, 1.54) is 0 Å². The molecule has 146 valence electrons. The molecule has 3 aromatic heterocycles. The van der Waals surface area contributed by atoms with E-state index in [0.717, 1.165) is 40.8 Å². The first kappa shape index (κ1) is 19.8. The Bertz CT molecular complexity index is 1030. The molecule has 28 heavy (non-hydrogen) atoms. The van der Waals surface area contributed by atoms with Gasteiger partial charge in [0.15, 0.2) is 0 Å². The molecule has 7 heteroatoms. The fraction of sp³-hybridized carbons (Fsp3) is 0.381. The summed E-state index contributed by atoms with van der Waals surface area (Å²) in [6.45, 7) is 6.64. The van der Waals surface area contributed by atoms with E-state index in [-0.39, 0.29) is 5.95 Å². The predicted molar refractivity (Wildman–Crippen MR) is 110 cm³/mol. The first-order chi connectivity index (χ1) is 13.3. The van der Waals surface area contributed by atoms with Gasteiger partial charge in [0.1, 0.15) is 11.3 Å². The first-order valence-electron chi connectivity index (χ1n) is 9.12. The van der Waals surface area contributed by atoms with Gasteiger partial charge in [0, 0.05) is 43.1 Å². The van der Waals surface area contributed by atoms with Gasteiger partial charge in [-0.1, -0.05) is 5.92 Å². The quantitative estimate of drug-likeness (QED) is 0.522. The van der Waals surface area contributed by atoms with Crippen molar-refractivity contribution in [3.8, 4) is 23.1 Å². The van der Waals surface area contributed by atoms with Crippen molar-refractivity contribution in [2.45, 2.75) is 39.3 Å². The van der Waals surface area contributed by atoms with Crippen LogP contribution in [-0.4, -0.2) is 43.9 Å². The number of anilines is 1. The summed E-state index contributed by atoms with van der Waals surface area (Å²) in [7, 11) is 1.70. The molecule has 3 N–H and O–H groups in total. The second-order valence-electron chi connectivity index (χ2n) is 7.23. The Morgan fingerprint density at radius 1 is 1.29 bits per heavy atom. The molecule has 3 heterocycles. The summed E-state index contributed by atoms with van der Waals surface area (Å²) in [5, 5.41) is 10.8. The van der Waals surface area contributed by atoms with E-state index in [9.17, 15) is 5.11 Å². The number of nitrogens with two attached hydrogens (primary N) is 1. The van der Waals surface area contributed by atoms with Gasteiger partial charge in [-0.3, -0.25) is 0 Å². The Hall–Kier alpha value is -2.95. The molecule has 0 aliphatic rings. The minimum atomic E-state index is -1.08. The molecule has 0 aromatic carbocycles.